The fourth-order valence-electron chi connectivity index (χ4n) is 3.43. The number of carbonyl (C=O) groups excluding carboxylic acids is 1. The van der Waals surface area contributed by atoms with Crippen molar-refractivity contribution in [3.63, 3.8) is 0 Å². The summed E-state index contributed by atoms with van der Waals surface area (Å²) in [4.78, 5) is 14.4. The van der Waals surface area contributed by atoms with Crippen LogP contribution in [0.5, 0.6) is 0 Å². The first-order valence-corrected chi connectivity index (χ1v) is 12.0. The molecule has 0 bridgehead atoms. The van der Waals surface area contributed by atoms with Crippen molar-refractivity contribution in [2.24, 2.45) is 0 Å². The van der Waals surface area contributed by atoms with Gasteiger partial charge in [-0.1, -0.05) is 38.3 Å². The van der Waals surface area contributed by atoms with E-state index >= 15 is 0 Å². The van der Waals surface area contributed by atoms with Gasteiger partial charge in [-0.15, -0.1) is 0 Å². The molecule has 1 amide bonds. The van der Waals surface area contributed by atoms with Gasteiger partial charge in [0.2, 0.25) is 15.9 Å². The highest BCUT2D eigenvalue weighted by Crippen LogP contribution is 2.20. The minimum absolute atomic E-state index is 0.0586. The Morgan fingerprint density at radius 1 is 1.14 bits per heavy atom. The average molecular weight is 410 g/mol. The third-order valence-corrected chi connectivity index (χ3v) is 6.80. The van der Waals surface area contributed by atoms with Crippen LogP contribution in [-0.2, 0) is 21.2 Å². The molecule has 0 aromatic heterocycles. The van der Waals surface area contributed by atoms with Crippen LogP contribution in [0.4, 0.5) is 0 Å². The SMILES string of the molecule is CCCCN(C)CCC(=O)NCCc1ccc(S(=O)(=O)NC2CCCC2)cc1. The Bertz CT molecular complexity index is 698. The van der Waals surface area contributed by atoms with Gasteiger partial charge in [0.1, 0.15) is 0 Å². The van der Waals surface area contributed by atoms with E-state index in [2.05, 4.69) is 21.9 Å². The van der Waals surface area contributed by atoms with Crippen LogP contribution in [0.2, 0.25) is 0 Å². The molecule has 0 heterocycles. The zero-order valence-corrected chi connectivity index (χ0v) is 18.1. The van der Waals surface area contributed by atoms with Crippen LogP contribution >= 0.6 is 0 Å². The minimum Gasteiger partial charge on any atom is -0.356 e. The van der Waals surface area contributed by atoms with E-state index < -0.39 is 10.0 Å². The van der Waals surface area contributed by atoms with Gasteiger partial charge < -0.3 is 10.2 Å². The summed E-state index contributed by atoms with van der Waals surface area (Å²) in [5.41, 5.74) is 1.01. The lowest BCUT2D eigenvalue weighted by Crippen LogP contribution is -2.32. The molecule has 1 saturated carbocycles. The summed E-state index contributed by atoms with van der Waals surface area (Å²) in [6, 6.07) is 7.02. The van der Waals surface area contributed by atoms with Crippen LogP contribution < -0.4 is 10.0 Å². The third-order valence-electron chi connectivity index (χ3n) is 5.26. The molecule has 1 aromatic rings. The first-order valence-electron chi connectivity index (χ1n) is 10.5. The number of hydrogen-bond donors (Lipinski definition) is 2. The highest BCUT2D eigenvalue weighted by molar-refractivity contribution is 7.89. The van der Waals surface area contributed by atoms with E-state index in [4.69, 9.17) is 0 Å². The van der Waals surface area contributed by atoms with Crippen LogP contribution in [0.3, 0.4) is 0 Å². The van der Waals surface area contributed by atoms with Gasteiger partial charge in [0.25, 0.3) is 0 Å². The van der Waals surface area contributed by atoms with E-state index in [1.165, 1.54) is 0 Å². The van der Waals surface area contributed by atoms with E-state index in [0.717, 1.165) is 57.2 Å². The van der Waals surface area contributed by atoms with Gasteiger partial charge in [0.05, 0.1) is 4.90 Å². The molecule has 28 heavy (non-hydrogen) atoms. The Balaban J connectivity index is 1.71. The van der Waals surface area contributed by atoms with Crippen LogP contribution in [0.25, 0.3) is 0 Å². The van der Waals surface area contributed by atoms with Crippen LogP contribution in [0, 0.1) is 0 Å². The molecule has 1 aromatic carbocycles. The van der Waals surface area contributed by atoms with Crippen LogP contribution in [0.15, 0.2) is 29.2 Å². The van der Waals surface area contributed by atoms with Crippen LogP contribution in [0.1, 0.15) is 57.4 Å². The van der Waals surface area contributed by atoms with E-state index in [9.17, 15) is 13.2 Å². The van der Waals surface area contributed by atoms with Gasteiger partial charge in [-0.05, 0) is 57.0 Å². The third kappa shape index (κ3) is 7.89. The maximum Gasteiger partial charge on any atom is 0.240 e. The normalized spacial score (nSPS) is 15.2. The van der Waals surface area contributed by atoms with Crippen LogP contribution in [-0.4, -0.2) is 51.9 Å². The minimum atomic E-state index is -3.44. The number of carbonyl (C=O) groups is 1. The number of amides is 1. The highest BCUT2D eigenvalue weighted by Gasteiger charge is 2.22. The van der Waals surface area contributed by atoms with Crippen molar-refractivity contribution in [3.05, 3.63) is 29.8 Å². The van der Waals surface area contributed by atoms with Crippen molar-refractivity contribution < 1.29 is 13.2 Å². The second-order valence-corrected chi connectivity index (χ2v) is 9.47. The fraction of sp³-hybridized carbons (Fsp3) is 0.667. The van der Waals surface area contributed by atoms with Crippen molar-refractivity contribution in [3.8, 4) is 0 Å². The van der Waals surface area contributed by atoms with Crippen molar-refractivity contribution in [2.75, 3.05) is 26.7 Å². The lowest BCUT2D eigenvalue weighted by atomic mass is 10.1. The number of unbranched alkanes of at least 4 members (excludes halogenated alkanes) is 1. The Kier molecular flexibility index (Phi) is 9.41. The monoisotopic (exact) mass is 409 g/mol. The first-order chi connectivity index (χ1) is 13.4. The molecule has 0 saturated heterocycles. The van der Waals surface area contributed by atoms with Gasteiger partial charge in [-0.2, -0.15) is 0 Å². The smallest absolute Gasteiger partial charge is 0.240 e. The predicted molar refractivity (Wildman–Crippen MR) is 113 cm³/mol. The Hall–Kier alpha value is -1.44. The Labute approximate surface area is 170 Å². The van der Waals surface area contributed by atoms with E-state index in [0.29, 0.717) is 24.3 Å². The molecular formula is C21H35N3O3S. The predicted octanol–water partition coefficient (Wildman–Crippen LogP) is 2.69. The first kappa shape index (κ1) is 22.8. The van der Waals surface area contributed by atoms with Gasteiger partial charge in [0.15, 0.2) is 0 Å². The molecule has 1 fully saturated rings. The summed E-state index contributed by atoms with van der Waals surface area (Å²) in [6.45, 7) is 4.51. The maximum atomic E-state index is 12.4. The second kappa shape index (κ2) is 11.5. The van der Waals surface area contributed by atoms with Crippen molar-refractivity contribution in [1.82, 2.24) is 14.9 Å². The molecule has 7 heteroatoms. The maximum absolute atomic E-state index is 12.4. The topological polar surface area (TPSA) is 78.5 Å². The number of rotatable bonds is 12. The molecule has 0 radical (unpaired) electrons. The average Bonchev–Trinajstić information content (AvgIpc) is 3.17. The molecule has 0 atom stereocenters. The molecule has 2 N–H and O–H groups in total. The molecule has 0 aliphatic heterocycles. The van der Waals surface area contributed by atoms with Crippen molar-refractivity contribution >= 4 is 15.9 Å². The Morgan fingerprint density at radius 2 is 1.82 bits per heavy atom. The Morgan fingerprint density at radius 3 is 2.46 bits per heavy atom. The zero-order chi connectivity index (χ0) is 20.4. The highest BCUT2D eigenvalue weighted by atomic mass is 32.2. The molecule has 2 rings (SSSR count). The summed E-state index contributed by atoms with van der Waals surface area (Å²) in [5.74, 6) is 0.0586. The molecule has 158 valence electrons. The molecule has 1 aliphatic rings. The molecule has 1 aliphatic carbocycles. The lowest BCUT2D eigenvalue weighted by molar-refractivity contribution is -0.121. The van der Waals surface area contributed by atoms with Crippen molar-refractivity contribution in [1.29, 1.82) is 0 Å². The number of hydrogen-bond acceptors (Lipinski definition) is 4. The van der Waals surface area contributed by atoms with Gasteiger partial charge >= 0.3 is 0 Å². The largest absolute Gasteiger partial charge is 0.356 e. The standard InChI is InChI=1S/C21H35N3O3S/c1-3-4-16-24(2)17-14-21(25)22-15-13-18-9-11-20(12-10-18)28(26,27)23-19-7-5-6-8-19/h9-12,19,23H,3-8,13-17H2,1-2H3,(H,22,25). The number of nitrogens with one attached hydrogen (secondary N) is 2. The second-order valence-electron chi connectivity index (χ2n) is 7.75. The summed E-state index contributed by atoms with van der Waals surface area (Å²) in [7, 11) is -1.40. The fourth-order valence-corrected chi connectivity index (χ4v) is 4.74. The van der Waals surface area contributed by atoms with Gasteiger partial charge in [-0.3, -0.25) is 4.79 Å². The summed E-state index contributed by atoms with van der Waals surface area (Å²) >= 11 is 0. The van der Waals surface area contributed by atoms with E-state index in [-0.39, 0.29) is 11.9 Å². The van der Waals surface area contributed by atoms with E-state index in [1.54, 1.807) is 12.1 Å². The summed E-state index contributed by atoms with van der Waals surface area (Å²) < 4.78 is 27.6. The van der Waals surface area contributed by atoms with Crippen molar-refractivity contribution in [2.45, 2.75) is 69.2 Å². The zero-order valence-electron chi connectivity index (χ0n) is 17.2. The molecular weight excluding hydrogens is 374 g/mol. The number of benzene rings is 1. The molecule has 0 spiro atoms. The number of sulfonamides is 1. The quantitative estimate of drug-likeness (QED) is 0.556. The lowest BCUT2D eigenvalue weighted by Gasteiger charge is -2.15. The molecule has 6 nitrogen and oxygen atoms in total. The van der Waals surface area contributed by atoms with Gasteiger partial charge in [0, 0.05) is 25.6 Å². The number of nitrogens with zero attached hydrogens (tertiary/aromatic N) is 1. The van der Waals surface area contributed by atoms with Gasteiger partial charge in [-0.25, -0.2) is 13.1 Å². The summed E-state index contributed by atoms with van der Waals surface area (Å²) in [6.07, 6.45) is 7.53. The molecule has 0 unspecified atom stereocenters. The van der Waals surface area contributed by atoms with E-state index in [1.807, 2.05) is 19.2 Å². The summed E-state index contributed by atoms with van der Waals surface area (Å²) in [5, 5.41) is 2.94.